The highest BCUT2D eigenvalue weighted by atomic mass is 35.5. The number of rotatable bonds is 4. The molecule has 0 unspecified atom stereocenters. The molecule has 0 spiro atoms. The molecule has 142 valence electrons. The van der Waals surface area contributed by atoms with E-state index in [2.05, 4.69) is 4.99 Å². The van der Waals surface area contributed by atoms with Crippen LogP contribution in [0.25, 0.3) is 5.57 Å². The molecule has 1 aliphatic heterocycles. The van der Waals surface area contributed by atoms with Gasteiger partial charge in [-0.3, -0.25) is 4.99 Å². The van der Waals surface area contributed by atoms with Gasteiger partial charge in [-0.05, 0) is 18.2 Å². The summed E-state index contributed by atoms with van der Waals surface area (Å²) in [6.07, 6.45) is -1.46. The van der Waals surface area contributed by atoms with Crippen molar-refractivity contribution in [2.45, 2.75) is 12.7 Å². The molecule has 0 amide bonds. The quantitative estimate of drug-likeness (QED) is 0.645. The fourth-order valence-electron chi connectivity index (χ4n) is 2.83. The number of benzene rings is 2. The van der Waals surface area contributed by atoms with Crippen molar-refractivity contribution >= 4 is 23.4 Å². The summed E-state index contributed by atoms with van der Waals surface area (Å²) < 4.78 is 58.9. The number of alkyl halides is 3. The summed E-state index contributed by atoms with van der Waals surface area (Å²) in [6, 6.07) is 8.12. The first kappa shape index (κ1) is 19.2. The smallest absolute Gasteiger partial charge is 0.416 e. The topological polar surface area (TPSA) is 24.8 Å². The van der Waals surface area contributed by atoms with E-state index >= 15 is 0 Å². The largest absolute Gasteiger partial charge is 0.495 e. The fraction of sp³-hybridized carbons (Fsp3) is 0.211. The highest BCUT2D eigenvalue weighted by Crippen LogP contribution is 2.35. The van der Waals surface area contributed by atoms with E-state index in [9.17, 15) is 17.6 Å². The average Bonchev–Trinajstić information content (AvgIpc) is 2.63. The van der Waals surface area contributed by atoms with Gasteiger partial charge >= 0.3 is 6.18 Å². The molecule has 0 radical (unpaired) electrons. The minimum Gasteiger partial charge on any atom is -0.495 e. The van der Waals surface area contributed by atoms with Crippen LogP contribution in [0.3, 0.4) is 0 Å². The van der Waals surface area contributed by atoms with Crippen LogP contribution >= 0.6 is 11.6 Å². The summed E-state index contributed by atoms with van der Waals surface area (Å²) in [7, 11) is 1.48. The Morgan fingerprint density at radius 3 is 2.63 bits per heavy atom. The van der Waals surface area contributed by atoms with Crippen molar-refractivity contribution in [1.29, 1.82) is 0 Å². The highest BCUT2D eigenvalue weighted by Gasteiger charge is 2.34. The lowest BCUT2D eigenvalue weighted by Crippen LogP contribution is -2.23. The zero-order chi connectivity index (χ0) is 19.6. The first-order valence-corrected chi connectivity index (χ1v) is 8.32. The normalized spacial score (nSPS) is 14.3. The maximum absolute atomic E-state index is 14.1. The van der Waals surface area contributed by atoms with Gasteiger partial charge in [0, 0.05) is 35.7 Å². The second-order valence-electron chi connectivity index (χ2n) is 5.87. The van der Waals surface area contributed by atoms with Gasteiger partial charge in [-0.2, -0.15) is 13.2 Å². The van der Waals surface area contributed by atoms with Crippen molar-refractivity contribution < 1.29 is 22.3 Å². The summed E-state index contributed by atoms with van der Waals surface area (Å²) in [5.74, 6) is -0.442. The first-order valence-electron chi connectivity index (χ1n) is 7.94. The van der Waals surface area contributed by atoms with Gasteiger partial charge in [0.2, 0.25) is 0 Å². The molecule has 1 aliphatic rings. The molecule has 0 aliphatic carbocycles. The molecule has 0 N–H and O–H groups in total. The Balaban J connectivity index is 1.94. The molecule has 0 saturated carbocycles. The van der Waals surface area contributed by atoms with Crippen LogP contribution in [0, 0.1) is 5.82 Å². The molecule has 3 rings (SSSR count). The first-order chi connectivity index (χ1) is 12.8. The lowest BCUT2D eigenvalue weighted by atomic mass is 10.0. The molecule has 3 nitrogen and oxygen atoms in total. The van der Waals surface area contributed by atoms with E-state index < -0.39 is 23.1 Å². The van der Waals surface area contributed by atoms with Gasteiger partial charge in [0.15, 0.2) is 0 Å². The summed E-state index contributed by atoms with van der Waals surface area (Å²) in [4.78, 5) is 5.66. The second-order valence-corrected chi connectivity index (χ2v) is 6.25. The van der Waals surface area contributed by atoms with E-state index in [1.54, 1.807) is 30.6 Å². The maximum atomic E-state index is 14.1. The zero-order valence-corrected chi connectivity index (χ0v) is 15.0. The molecule has 2 aromatic carbocycles. The summed E-state index contributed by atoms with van der Waals surface area (Å²) >= 11 is 6.31. The Labute approximate surface area is 158 Å². The number of halogens is 5. The summed E-state index contributed by atoms with van der Waals surface area (Å²) in [6.45, 7) is -0.166. The molecule has 0 fully saturated rings. The van der Waals surface area contributed by atoms with E-state index in [1.807, 2.05) is 0 Å². The number of hydrogen-bond donors (Lipinski definition) is 0. The minimum atomic E-state index is -4.64. The van der Waals surface area contributed by atoms with Gasteiger partial charge < -0.3 is 9.64 Å². The van der Waals surface area contributed by atoms with Crippen molar-refractivity contribution in [3.63, 3.8) is 0 Å². The van der Waals surface area contributed by atoms with Crippen LogP contribution < -0.4 is 4.74 Å². The van der Waals surface area contributed by atoms with Gasteiger partial charge in [-0.15, -0.1) is 0 Å². The third kappa shape index (κ3) is 4.08. The molecule has 0 aromatic heterocycles. The SMILES string of the molecule is COc1cccc(C2=CN(Cc3c(F)cccc3C(F)(F)F)CN=C2)c1Cl. The number of allylic oxidation sites excluding steroid dienone is 1. The molecule has 8 heteroatoms. The lowest BCUT2D eigenvalue weighted by Gasteiger charge is -2.25. The molecule has 2 aromatic rings. The zero-order valence-electron chi connectivity index (χ0n) is 14.2. The van der Waals surface area contributed by atoms with E-state index in [0.29, 0.717) is 21.9 Å². The van der Waals surface area contributed by atoms with Gasteiger partial charge in [0.1, 0.15) is 18.2 Å². The molecule has 1 heterocycles. The highest BCUT2D eigenvalue weighted by molar-refractivity contribution is 6.35. The molecular formula is C19H15ClF4N2O. The second kappa shape index (κ2) is 7.60. The fourth-order valence-corrected chi connectivity index (χ4v) is 3.14. The Bertz CT molecular complexity index is 909. The summed E-state index contributed by atoms with van der Waals surface area (Å²) in [5.41, 5.74) is -0.204. The molecule has 0 bridgehead atoms. The standard InChI is InChI=1S/C19H15ClF4N2O/c1-27-17-7-2-4-13(18(17)20)12-8-25-11-26(9-12)10-14-15(19(22,23)24)5-3-6-16(14)21/h2-9H,10-11H2,1H3. The lowest BCUT2D eigenvalue weighted by molar-refractivity contribution is -0.138. The molecular weight excluding hydrogens is 384 g/mol. The molecule has 0 atom stereocenters. The van der Waals surface area contributed by atoms with E-state index in [0.717, 1.165) is 18.2 Å². The van der Waals surface area contributed by atoms with Gasteiger partial charge in [0.25, 0.3) is 0 Å². The Morgan fingerprint density at radius 1 is 1.19 bits per heavy atom. The number of methoxy groups -OCH3 is 1. The van der Waals surface area contributed by atoms with Crippen molar-refractivity contribution in [2.75, 3.05) is 13.8 Å². The predicted molar refractivity (Wildman–Crippen MR) is 96.3 cm³/mol. The van der Waals surface area contributed by atoms with Crippen LogP contribution in [-0.4, -0.2) is 24.9 Å². The van der Waals surface area contributed by atoms with Crippen molar-refractivity contribution in [2.24, 2.45) is 4.99 Å². The predicted octanol–water partition coefficient (Wildman–Crippen LogP) is 5.39. The van der Waals surface area contributed by atoms with Crippen molar-refractivity contribution in [3.05, 3.63) is 70.1 Å². The Morgan fingerprint density at radius 2 is 1.93 bits per heavy atom. The third-order valence-electron chi connectivity index (χ3n) is 4.09. The monoisotopic (exact) mass is 398 g/mol. The van der Waals surface area contributed by atoms with Crippen LogP contribution in [-0.2, 0) is 12.7 Å². The van der Waals surface area contributed by atoms with Crippen molar-refractivity contribution in [1.82, 2.24) is 4.90 Å². The van der Waals surface area contributed by atoms with Crippen LogP contribution in [0.5, 0.6) is 5.75 Å². The third-order valence-corrected chi connectivity index (χ3v) is 4.48. The Hall–Kier alpha value is -2.54. The Kier molecular flexibility index (Phi) is 5.41. The average molecular weight is 399 g/mol. The van der Waals surface area contributed by atoms with E-state index in [4.69, 9.17) is 16.3 Å². The molecule has 27 heavy (non-hydrogen) atoms. The van der Waals surface area contributed by atoms with Gasteiger partial charge in [0.05, 0.1) is 17.7 Å². The maximum Gasteiger partial charge on any atom is 0.416 e. The number of hydrogen-bond acceptors (Lipinski definition) is 3. The van der Waals surface area contributed by atoms with Crippen LogP contribution in [0.2, 0.25) is 5.02 Å². The van der Waals surface area contributed by atoms with Crippen LogP contribution in [0.15, 0.2) is 47.6 Å². The number of ether oxygens (including phenoxy) is 1. The molecule has 0 saturated heterocycles. The minimum absolute atomic E-state index is 0.108. The summed E-state index contributed by atoms with van der Waals surface area (Å²) in [5, 5.41) is 0.362. The van der Waals surface area contributed by atoms with Crippen LogP contribution in [0.1, 0.15) is 16.7 Å². The van der Waals surface area contributed by atoms with Gasteiger partial charge in [-0.1, -0.05) is 29.8 Å². The van der Waals surface area contributed by atoms with Gasteiger partial charge in [-0.25, -0.2) is 4.39 Å². The number of nitrogens with zero attached hydrogens (tertiary/aromatic N) is 2. The van der Waals surface area contributed by atoms with Crippen molar-refractivity contribution in [3.8, 4) is 5.75 Å². The number of aliphatic imine (C=N–C) groups is 1. The van der Waals surface area contributed by atoms with Crippen LogP contribution in [0.4, 0.5) is 17.6 Å². The van der Waals surface area contributed by atoms with E-state index in [-0.39, 0.29) is 13.2 Å². The van der Waals surface area contributed by atoms with E-state index in [1.165, 1.54) is 12.0 Å².